The summed E-state index contributed by atoms with van der Waals surface area (Å²) < 4.78 is 30.6. The highest BCUT2D eigenvalue weighted by molar-refractivity contribution is 7.89. The van der Waals surface area contributed by atoms with Crippen molar-refractivity contribution < 1.29 is 13.2 Å². The van der Waals surface area contributed by atoms with E-state index in [0.29, 0.717) is 24.6 Å². The monoisotopic (exact) mass is 311 g/mol. The van der Waals surface area contributed by atoms with Crippen molar-refractivity contribution >= 4 is 33.2 Å². The molecule has 0 fully saturated rings. The fourth-order valence-corrected chi connectivity index (χ4v) is 3.34. The lowest BCUT2D eigenvalue weighted by molar-refractivity contribution is 0.189. The molecule has 0 aliphatic rings. The lowest BCUT2D eigenvalue weighted by atomic mass is 10.4. The summed E-state index contributed by atoms with van der Waals surface area (Å²) in [5.74, 6) is 0. The minimum atomic E-state index is -3.61. The Labute approximate surface area is 117 Å². The predicted molar refractivity (Wildman–Crippen MR) is 72.8 cm³/mol. The molecule has 0 aliphatic heterocycles. The van der Waals surface area contributed by atoms with Crippen LogP contribution < -0.4 is 0 Å². The number of hydrogen-bond acceptors (Lipinski definition) is 3. The molecule has 0 aromatic heterocycles. The number of rotatable bonds is 6. The van der Waals surface area contributed by atoms with Crippen molar-refractivity contribution in [2.24, 2.45) is 0 Å². The first-order valence-electron chi connectivity index (χ1n) is 5.30. The SMILES string of the molecule is COCCCN(C)S(=O)(=O)c1cc(Cl)ccc1Cl. The summed E-state index contributed by atoms with van der Waals surface area (Å²) in [5.41, 5.74) is 0. The van der Waals surface area contributed by atoms with E-state index in [9.17, 15) is 8.42 Å². The van der Waals surface area contributed by atoms with Gasteiger partial charge in [0.15, 0.2) is 0 Å². The van der Waals surface area contributed by atoms with Crippen LogP contribution in [0.2, 0.25) is 10.0 Å². The van der Waals surface area contributed by atoms with E-state index in [1.165, 1.54) is 23.5 Å². The van der Waals surface area contributed by atoms with Gasteiger partial charge in [-0.05, 0) is 24.6 Å². The summed E-state index contributed by atoms with van der Waals surface area (Å²) in [4.78, 5) is 0.0246. The van der Waals surface area contributed by atoms with Crippen LogP contribution in [0.25, 0.3) is 0 Å². The maximum absolute atomic E-state index is 12.2. The zero-order chi connectivity index (χ0) is 13.8. The largest absolute Gasteiger partial charge is 0.385 e. The number of ether oxygens (including phenoxy) is 1. The van der Waals surface area contributed by atoms with Gasteiger partial charge in [-0.1, -0.05) is 23.2 Å². The lowest BCUT2D eigenvalue weighted by Crippen LogP contribution is -2.28. The zero-order valence-electron chi connectivity index (χ0n) is 10.2. The van der Waals surface area contributed by atoms with Crippen LogP contribution in [0.15, 0.2) is 23.1 Å². The molecule has 0 saturated heterocycles. The molecule has 0 spiro atoms. The van der Waals surface area contributed by atoms with Crippen molar-refractivity contribution in [1.82, 2.24) is 4.31 Å². The van der Waals surface area contributed by atoms with Gasteiger partial charge in [0.05, 0.1) is 5.02 Å². The van der Waals surface area contributed by atoms with Gasteiger partial charge >= 0.3 is 0 Å². The molecule has 0 unspecified atom stereocenters. The lowest BCUT2D eigenvalue weighted by Gasteiger charge is -2.17. The smallest absolute Gasteiger partial charge is 0.244 e. The molecular formula is C11H15Cl2NO3S. The Morgan fingerprint density at radius 3 is 2.61 bits per heavy atom. The molecule has 4 nitrogen and oxygen atoms in total. The fourth-order valence-electron chi connectivity index (χ4n) is 1.39. The van der Waals surface area contributed by atoms with Crippen LogP contribution >= 0.6 is 23.2 Å². The van der Waals surface area contributed by atoms with Gasteiger partial charge in [-0.25, -0.2) is 12.7 Å². The average Bonchev–Trinajstić information content (AvgIpc) is 2.32. The highest BCUT2D eigenvalue weighted by Gasteiger charge is 2.23. The van der Waals surface area contributed by atoms with Crippen molar-refractivity contribution in [2.75, 3.05) is 27.3 Å². The van der Waals surface area contributed by atoms with Gasteiger partial charge in [-0.15, -0.1) is 0 Å². The molecule has 1 aromatic carbocycles. The average molecular weight is 312 g/mol. The number of halogens is 2. The van der Waals surface area contributed by atoms with E-state index < -0.39 is 10.0 Å². The van der Waals surface area contributed by atoms with Crippen molar-refractivity contribution in [3.8, 4) is 0 Å². The Morgan fingerprint density at radius 1 is 1.33 bits per heavy atom. The maximum Gasteiger partial charge on any atom is 0.244 e. The van der Waals surface area contributed by atoms with E-state index >= 15 is 0 Å². The molecule has 0 heterocycles. The van der Waals surface area contributed by atoms with Crippen LogP contribution in [0.5, 0.6) is 0 Å². The Bertz CT molecular complexity index is 505. The molecule has 1 aromatic rings. The van der Waals surface area contributed by atoms with Crippen molar-refractivity contribution in [3.63, 3.8) is 0 Å². The molecule has 102 valence electrons. The third kappa shape index (κ3) is 3.83. The van der Waals surface area contributed by atoms with Crippen LogP contribution in [0.3, 0.4) is 0 Å². The maximum atomic E-state index is 12.2. The third-order valence-electron chi connectivity index (χ3n) is 2.40. The van der Waals surface area contributed by atoms with E-state index in [1.54, 1.807) is 13.2 Å². The minimum Gasteiger partial charge on any atom is -0.385 e. The molecule has 0 bridgehead atoms. The number of sulfonamides is 1. The predicted octanol–water partition coefficient (Wildman–Crippen LogP) is 2.65. The summed E-state index contributed by atoms with van der Waals surface area (Å²) in [7, 11) is -0.537. The van der Waals surface area contributed by atoms with Gasteiger partial charge in [0, 0.05) is 32.3 Å². The van der Waals surface area contributed by atoms with E-state index in [0.717, 1.165) is 0 Å². The Balaban J connectivity index is 2.95. The molecule has 1 rings (SSSR count). The molecule has 0 N–H and O–H groups in total. The Hall–Kier alpha value is -0.330. The molecule has 0 aliphatic carbocycles. The van der Waals surface area contributed by atoms with Gasteiger partial charge in [0.25, 0.3) is 0 Å². The molecule has 0 radical (unpaired) electrons. The quantitative estimate of drug-likeness (QED) is 0.759. The Morgan fingerprint density at radius 2 is 2.00 bits per heavy atom. The fraction of sp³-hybridized carbons (Fsp3) is 0.455. The molecule has 0 saturated carbocycles. The minimum absolute atomic E-state index is 0.0246. The second-order valence-electron chi connectivity index (χ2n) is 3.75. The van der Waals surface area contributed by atoms with Crippen LogP contribution in [-0.4, -0.2) is 40.0 Å². The van der Waals surface area contributed by atoms with Gasteiger partial charge in [-0.2, -0.15) is 0 Å². The summed E-state index contributed by atoms with van der Waals surface area (Å²) in [5, 5.41) is 0.501. The first-order valence-corrected chi connectivity index (χ1v) is 7.49. The van der Waals surface area contributed by atoms with Crippen molar-refractivity contribution in [1.29, 1.82) is 0 Å². The van der Waals surface area contributed by atoms with Crippen LogP contribution in [0.4, 0.5) is 0 Å². The van der Waals surface area contributed by atoms with E-state index in [1.807, 2.05) is 0 Å². The summed E-state index contributed by atoms with van der Waals surface area (Å²) in [6.07, 6.45) is 0.615. The number of benzene rings is 1. The van der Waals surface area contributed by atoms with Crippen molar-refractivity contribution in [2.45, 2.75) is 11.3 Å². The van der Waals surface area contributed by atoms with Gasteiger partial charge in [0.1, 0.15) is 4.90 Å². The number of nitrogens with zero attached hydrogens (tertiary/aromatic N) is 1. The van der Waals surface area contributed by atoms with E-state index in [-0.39, 0.29) is 9.92 Å². The molecule has 0 amide bonds. The van der Waals surface area contributed by atoms with E-state index in [4.69, 9.17) is 27.9 Å². The van der Waals surface area contributed by atoms with Crippen LogP contribution in [-0.2, 0) is 14.8 Å². The highest BCUT2D eigenvalue weighted by atomic mass is 35.5. The van der Waals surface area contributed by atoms with Crippen LogP contribution in [0, 0.1) is 0 Å². The number of hydrogen-bond donors (Lipinski definition) is 0. The molecule has 0 atom stereocenters. The van der Waals surface area contributed by atoms with Crippen LogP contribution in [0.1, 0.15) is 6.42 Å². The second kappa shape index (κ2) is 6.73. The summed E-state index contributed by atoms with van der Waals surface area (Å²) in [6.45, 7) is 0.863. The first-order chi connectivity index (χ1) is 8.39. The van der Waals surface area contributed by atoms with Gasteiger partial charge < -0.3 is 4.74 Å². The second-order valence-corrected chi connectivity index (χ2v) is 6.60. The Kier molecular flexibility index (Phi) is 5.88. The molecule has 18 heavy (non-hydrogen) atoms. The standard InChI is InChI=1S/C11H15Cl2NO3S/c1-14(6-3-7-17-2)18(15,16)11-8-9(12)4-5-10(11)13/h4-5,8H,3,6-7H2,1-2H3. The number of methoxy groups -OCH3 is 1. The van der Waals surface area contributed by atoms with Crippen molar-refractivity contribution in [3.05, 3.63) is 28.2 Å². The zero-order valence-corrected chi connectivity index (χ0v) is 12.5. The van der Waals surface area contributed by atoms with Gasteiger partial charge in [0.2, 0.25) is 10.0 Å². The summed E-state index contributed by atoms with van der Waals surface area (Å²) >= 11 is 11.7. The molecule has 7 heteroatoms. The normalized spacial score (nSPS) is 12.1. The highest BCUT2D eigenvalue weighted by Crippen LogP contribution is 2.27. The third-order valence-corrected chi connectivity index (χ3v) is 4.98. The molecular weight excluding hydrogens is 297 g/mol. The topological polar surface area (TPSA) is 46.6 Å². The van der Waals surface area contributed by atoms with Gasteiger partial charge in [-0.3, -0.25) is 0 Å². The summed E-state index contributed by atoms with van der Waals surface area (Å²) in [6, 6.07) is 4.37. The van der Waals surface area contributed by atoms with E-state index in [2.05, 4.69) is 0 Å². The first kappa shape index (κ1) is 15.7.